The zero-order chi connectivity index (χ0) is 30.7. The van der Waals surface area contributed by atoms with Crippen LogP contribution in [0.5, 0.6) is 11.5 Å². The Morgan fingerprint density at radius 2 is 1.53 bits per heavy atom. The fourth-order valence-electron chi connectivity index (χ4n) is 4.96. The molecular formula is C32H34F2N4O4S. The maximum absolute atomic E-state index is 14.6. The number of sulfonamides is 1. The van der Waals surface area contributed by atoms with Crippen LogP contribution in [-0.4, -0.2) is 61.8 Å². The highest BCUT2D eigenvalue weighted by Crippen LogP contribution is 2.40. The largest absolute Gasteiger partial charge is 0.454 e. The maximum Gasteiger partial charge on any atom is 0.250 e. The molecule has 1 aliphatic heterocycles. The minimum Gasteiger partial charge on any atom is -0.454 e. The van der Waals surface area contributed by atoms with Gasteiger partial charge in [-0.1, -0.05) is 24.3 Å². The second-order valence-corrected chi connectivity index (χ2v) is 12.7. The van der Waals surface area contributed by atoms with Crippen molar-refractivity contribution in [1.29, 1.82) is 0 Å². The number of hydrogen-bond acceptors (Lipinski definition) is 6. The molecule has 226 valence electrons. The molecule has 0 bridgehead atoms. The second-order valence-electron chi connectivity index (χ2n) is 10.7. The summed E-state index contributed by atoms with van der Waals surface area (Å²) >= 11 is 0. The van der Waals surface area contributed by atoms with Gasteiger partial charge in [-0.05, 0) is 61.0 Å². The molecule has 0 radical (unpaired) electrons. The number of pyridine rings is 1. The fraction of sp³-hybridized carbons (Fsp3) is 0.281. The number of aryl methyl sites for hydroxylation is 1. The summed E-state index contributed by atoms with van der Waals surface area (Å²) in [5.74, 6) is -1.78. The lowest BCUT2D eigenvalue weighted by Crippen LogP contribution is -2.43. The number of anilines is 1. The number of piperazine rings is 1. The van der Waals surface area contributed by atoms with Gasteiger partial charge in [-0.3, -0.25) is 14.4 Å². The summed E-state index contributed by atoms with van der Waals surface area (Å²) in [6.45, 7) is 6.37. The smallest absolute Gasteiger partial charge is 0.250 e. The van der Waals surface area contributed by atoms with Crippen molar-refractivity contribution in [2.24, 2.45) is 7.05 Å². The predicted molar refractivity (Wildman–Crippen MR) is 165 cm³/mol. The van der Waals surface area contributed by atoms with Crippen LogP contribution in [0.1, 0.15) is 12.5 Å². The van der Waals surface area contributed by atoms with Gasteiger partial charge in [0.25, 0.3) is 5.56 Å². The Hall–Kier alpha value is -4.06. The summed E-state index contributed by atoms with van der Waals surface area (Å²) in [6.07, 6.45) is 1.64. The zero-order valence-corrected chi connectivity index (χ0v) is 25.1. The first-order chi connectivity index (χ1) is 20.5. The van der Waals surface area contributed by atoms with Gasteiger partial charge in [-0.2, -0.15) is 0 Å². The molecule has 0 unspecified atom stereocenters. The summed E-state index contributed by atoms with van der Waals surface area (Å²) in [6, 6.07) is 17.1. The molecule has 0 atom stereocenters. The van der Waals surface area contributed by atoms with Crippen molar-refractivity contribution in [3.63, 3.8) is 0 Å². The SMILES string of the molecule is CCS(=O)(=O)Nc1ccc(Oc2ccc(F)cc2F)c(-c2cn(C)c(=O)cc2-c2ccc(CN3CCN(C)CC3)cc2)c1. The normalized spacial score (nSPS) is 14.5. The average molecular weight is 609 g/mol. The Morgan fingerprint density at radius 3 is 2.21 bits per heavy atom. The summed E-state index contributed by atoms with van der Waals surface area (Å²) in [5.41, 5.74) is 3.50. The number of ether oxygens (including phenoxy) is 1. The Morgan fingerprint density at radius 1 is 0.837 bits per heavy atom. The third-order valence-electron chi connectivity index (χ3n) is 7.53. The standard InChI is InChI=1S/C32H34F2N4O4S/c1-4-43(40,41)35-25-10-12-30(42-31-11-9-24(33)17-29(31)34)27(18-25)28-21-37(3)32(39)19-26(28)23-7-5-22(6-8-23)20-38-15-13-36(2)14-16-38/h5-12,17-19,21,35H,4,13-16,20H2,1-3H3. The van der Waals surface area contributed by atoms with E-state index in [1.165, 1.54) is 35.8 Å². The second kappa shape index (κ2) is 12.7. The molecule has 0 saturated carbocycles. The highest BCUT2D eigenvalue weighted by Gasteiger charge is 2.19. The molecule has 1 saturated heterocycles. The van der Waals surface area contributed by atoms with E-state index in [1.54, 1.807) is 19.3 Å². The van der Waals surface area contributed by atoms with E-state index in [4.69, 9.17) is 4.74 Å². The van der Waals surface area contributed by atoms with E-state index in [0.29, 0.717) is 16.7 Å². The Kier molecular flexibility index (Phi) is 8.95. The Bertz CT molecular complexity index is 1780. The monoisotopic (exact) mass is 608 g/mol. The molecule has 4 aromatic rings. The van der Waals surface area contributed by atoms with Crippen molar-refractivity contribution in [3.05, 3.63) is 100 Å². The number of likely N-dealkylation sites (N-methyl/N-ethyl adjacent to an activating group) is 1. The van der Waals surface area contributed by atoms with Crippen LogP contribution in [0.25, 0.3) is 22.3 Å². The van der Waals surface area contributed by atoms with Crippen LogP contribution in [0, 0.1) is 11.6 Å². The summed E-state index contributed by atoms with van der Waals surface area (Å²) < 4.78 is 62.8. The van der Waals surface area contributed by atoms with E-state index in [9.17, 15) is 22.0 Å². The number of hydrogen-bond donors (Lipinski definition) is 1. The van der Waals surface area contributed by atoms with Crippen molar-refractivity contribution in [2.75, 3.05) is 43.7 Å². The highest BCUT2D eigenvalue weighted by molar-refractivity contribution is 7.92. The van der Waals surface area contributed by atoms with Crippen molar-refractivity contribution >= 4 is 15.7 Å². The van der Waals surface area contributed by atoms with Crippen molar-refractivity contribution in [2.45, 2.75) is 13.5 Å². The molecule has 8 nitrogen and oxygen atoms in total. The fourth-order valence-corrected chi connectivity index (χ4v) is 5.59. The molecular weight excluding hydrogens is 574 g/mol. The molecule has 1 N–H and O–H groups in total. The maximum atomic E-state index is 14.6. The van der Waals surface area contributed by atoms with Gasteiger partial charge in [0, 0.05) is 74.9 Å². The van der Waals surface area contributed by atoms with E-state index in [-0.39, 0.29) is 28.5 Å². The van der Waals surface area contributed by atoms with E-state index in [0.717, 1.165) is 56.0 Å². The molecule has 0 amide bonds. The topological polar surface area (TPSA) is 83.9 Å². The molecule has 1 aromatic heterocycles. The van der Waals surface area contributed by atoms with Gasteiger partial charge in [-0.15, -0.1) is 0 Å². The van der Waals surface area contributed by atoms with E-state index in [1.807, 2.05) is 24.3 Å². The lowest BCUT2D eigenvalue weighted by atomic mass is 9.94. The molecule has 0 spiro atoms. The summed E-state index contributed by atoms with van der Waals surface area (Å²) in [4.78, 5) is 17.6. The van der Waals surface area contributed by atoms with Crippen LogP contribution < -0.4 is 15.0 Å². The van der Waals surface area contributed by atoms with Gasteiger partial charge < -0.3 is 14.2 Å². The van der Waals surface area contributed by atoms with Crippen molar-refractivity contribution in [3.8, 4) is 33.8 Å². The third kappa shape index (κ3) is 7.30. The minimum atomic E-state index is -3.61. The van der Waals surface area contributed by atoms with Crippen molar-refractivity contribution in [1.82, 2.24) is 14.4 Å². The molecule has 2 heterocycles. The van der Waals surface area contributed by atoms with Crippen LogP contribution in [-0.2, 0) is 23.6 Å². The zero-order valence-electron chi connectivity index (χ0n) is 24.3. The first kappa shape index (κ1) is 30.4. The van der Waals surface area contributed by atoms with Gasteiger partial charge in [-0.25, -0.2) is 17.2 Å². The highest BCUT2D eigenvalue weighted by atomic mass is 32.2. The summed E-state index contributed by atoms with van der Waals surface area (Å²) in [7, 11) is 0.123. The molecule has 3 aromatic carbocycles. The van der Waals surface area contributed by atoms with E-state index in [2.05, 4.69) is 21.6 Å². The predicted octanol–water partition coefficient (Wildman–Crippen LogP) is 5.30. The van der Waals surface area contributed by atoms with Gasteiger partial charge in [0.1, 0.15) is 11.6 Å². The Labute approximate surface area is 250 Å². The Balaban J connectivity index is 1.58. The van der Waals surface area contributed by atoms with Gasteiger partial charge in [0.05, 0.1) is 5.75 Å². The van der Waals surface area contributed by atoms with Gasteiger partial charge in [0.15, 0.2) is 11.6 Å². The lowest BCUT2D eigenvalue weighted by molar-refractivity contribution is 0.148. The number of nitrogens with one attached hydrogen (secondary N) is 1. The molecule has 1 fully saturated rings. The number of nitrogens with zero attached hydrogens (tertiary/aromatic N) is 3. The van der Waals surface area contributed by atoms with Crippen LogP contribution in [0.2, 0.25) is 0 Å². The lowest BCUT2D eigenvalue weighted by Gasteiger charge is -2.32. The number of aromatic nitrogens is 1. The first-order valence-electron chi connectivity index (χ1n) is 14.0. The van der Waals surface area contributed by atoms with Crippen LogP contribution in [0.15, 0.2) is 77.7 Å². The first-order valence-corrected chi connectivity index (χ1v) is 15.7. The number of rotatable bonds is 9. The molecule has 43 heavy (non-hydrogen) atoms. The third-order valence-corrected chi connectivity index (χ3v) is 8.84. The number of halogens is 2. The molecule has 5 rings (SSSR count). The average Bonchev–Trinajstić information content (AvgIpc) is 2.98. The van der Waals surface area contributed by atoms with E-state index >= 15 is 0 Å². The van der Waals surface area contributed by atoms with Gasteiger partial charge >= 0.3 is 0 Å². The molecule has 11 heteroatoms. The van der Waals surface area contributed by atoms with Crippen molar-refractivity contribution < 1.29 is 21.9 Å². The van der Waals surface area contributed by atoms with Crippen LogP contribution in [0.3, 0.4) is 0 Å². The number of benzene rings is 3. The molecule has 1 aliphatic rings. The van der Waals surface area contributed by atoms with E-state index < -0.39 is 21.7 Å². The minimum absolute atomic E-state index is 0.132. The van der Waals surface area contributed by atoms with Gasteiger partial charge in [0.2, 0.25) is 10.0 Å². The quantitative estimate of drug-likeness (QED) is 0.278. The van der Waals surface area contributed by atoms with Crippen LogP contribution >= 0.6 is 0 Å². The van der Waals surface area contributed by atoms with Crippen LogP contribution in [0.4, 0.5) is 14.5 Å². The molecule has 0 aliphatic carbocycles. The summed E-state index contributed by atoms with van der Waals surface area (Å²) in [5, 5.41) is 0.